The summed E-state index contributed by atoms with van der Waals surface area (Å²) < 4.78 is 38.3. The molecular weight excluding hydrogens is 1340 g/mol. The second kappa shape index (κ2) is 29.8. The van der Waals surface area contributed by atoms with Crippen molar-refractivity contribution in [3.05, 3.63) is 118 Å². The lowest BCUT2D eigenvalue weighted by atomic mass is 9.86. The number of nitrogens with one attached hydrogen (secondary N) is 7. The number of nitrogens with two attached hydrogens (primary N) is 2. The summed E-state index contributed by atoms with van der Waals surface area (Å²) in [6.07, 6.45) is -18.2. The average Bonchev–Trinajstić information content (AvgIpc) is 0.772. The number of benzene rings is 5. The lowest BCUT2D eigenvalue weighted by molar-refractivity contribution is -0.333. The summed E-state index contributed by atoms with van der Waals surface area (Å²) in [5.41, 5.74) is 8.26. The van der Waals surface area contributed by atoms with Gasteiger partial charge in [-0.25, -0.2) is 4.79 Å². The van der Waals surface area contributed by atoms with E-state index in [1.54, 1.807) is 0 Å². The third kappa shape index (κ3) is 15.4. The van der Waals surface area contributed by atoms with E-state index in [1.807, 2.05) is 13.8 Å². The molecule has 0 aliphatic carbocycles. The Hall–Kier alpha value is -9.49. The summed E-state index contributed by atoms with van der Waals surface area (Å²) in [4.78, 5) is 117. The molecule has 7 aliphatic rings. The van der Waals surface area contributed by atoms with Gasteiger partial charge in [-0.05, 0) is 110 Å². The Kier molecular flexibility index (Phi) is 21.8. The van der Waals surface area contributed by atoms with Crippen LogP contribution in [-0.2, 0) is 52.6 Å². The number of aromatic hydroxyl groups is 3. The minimum absolute atomic E-state index is 0.0909. The van der Waals surface area contributed by atoms with E-state index in [0.29, 0.717) is 0 Å². The van der Waals surface area contributed by atoms with Crippen molar-refractivity contribution in [2.75, 3.05) is 13.7 Å². The smallest absolute Gasteiger partial charge is 0.330 e. The van der Waals surface area contributed by atoms with Crippen LogP contribution in [0.1, 0.15) is 105 Å². The molecule has 2 fully saturated rings. The second-order valence-corrected chi connectivity index (χ2v) is 26.0. The molecule has 100 heavy (non-hydrogen) atoms. The van der Waals surface area contributed by atoms with Gasteiger partial charge in [-0.1, -0.05) is 49.7 Å². The van der Waals surface area contributed by atoms with Gasteiger partial charge in [-0.3, -0.25) is 33.6 Å². The van der Waals surface area contributed by atoms with Gasteiger partial charge < -0.3 is 128 Å². The maximum absolute atomic E-state index is 16.0. The maximum Gasteiger partial charge on any atom is 0.330 e. The van der Waals surface area contributed by atoms with Gasteiger partial charge in [0, 0.05) is 34.7 Å². The average molecular weight is 1410 g/mol. The SMILES string of the molecule is CN[C@H](CC(C)C)C(=O)N[C@H]1C(=O)N[C@@H](CC(N)=O)C(=O)N[C@H]2C(=O)N[C@H]3C(=O)N[C@H](C(=O)N[C@H](C(=O)O)c4cc(O)cc(O)c4-c4cc3ccc4O)[C@H](O)c3ccc(cc3)Oc3cc2cc(c3OC2OC(CO)C(O)C(O)C2OC2CC(C)(N)C(O)C(C)O2)Oc2ccc(cc2Cl)[C@H]1O. The zero-order chi connectivity index (χ0) is 72.7. The van der Waals surface area contributed by atoms with Gasteiger partial charge in [0.1, 0.15) is 89.5 Å². The van der Waals surface area contributed by atoms with Gasteiger partial charge in [0.25, 0.3) is 0 Å². The van der Waals surface area contributed by atoms with Gasteiger partial charge in [0.2, 0.25) is 53.4 Å². The van der Waals surface area contributed by atoms with Crippen molar-refractivity contribution in [2.24, 2.45) is 17.4 Å². The van der Waals surface area contributed by atoms with Crippen LogP contribution in [0.3, 0.4) is 0 Å². The number of aliphatic hydroxyl groups is 6. The van der Waals surface area contributed by atoms with Crippen molar-refractivity contribution in [3.63, 3.8) is 0 Å². The number of rotatable bonds is 13. The minimum Gasteiger partial charge on any atom is -0.508 e. The Morgan fingerprint density at radius 1 is 0.730 bits per heavy atom. The Balaban J connectivity index is 1.23. The largest absolute Gasteiger partial charge is 0.508 e. The number of halogens is 1. The number of ether oxygens (including phenoxy) is 6. The van der Waals surface area contributed by atoms with Crippen LogP contribution >= 0.6 is 11.6 Å². The molecule has 536 valence electrons. The van der Waals surface area contributed by atoms with Crippen LogP contribution in [0.2, 0.25) is 5.02 Å². The number of likely N-dealkylation sites (N-methyl/N-ethyl adjacent to an activating group) is 1. The third-order valence-electron chi connectivity index (χ3n) is 17.7. The number of carbonyl (C=O) groups is 8. The number of aliphatic carboxylic acids is 1. The van der Waals surface area contributed by atoms with E-state index in [-0.39, 0.29) is 52.0 Å². The first kappa shape index (κ1) is 73.2. The van der Waals surface area contributed by atoms with E-state index >= 15 is 14.4 Å². The molecule has 5 aromatic rings. The summed E-state index contributed by atoms with van der Waals surface area (Å²) in [5, 5.41) is 131. The molecule has 5 aromatic carbocycles. The summed E-state index contributed by atoms with van der Waals surface area (Å²) in [7, 11) is 1.48. The third-order valence-corrected chi connectivity index (χ3v) is 18.0. The van der Waals surface area contributed by atoms with Gasteiger partial charge in [-0.2, -0.15) is 0 Å². The number of carbonyl (C=O) groups excluding carboxylic acids is 7. The van der Waals surface area contributed by atoms with Crippen molar-refractivity contribution in [3.8, 4) is 57.1 Å². The van der Waals surface area contributed by atoms with Gasteiger partial charge >= 0.3 is 5.97 Å². The number of hydrogen-bond acceptors (Lipinski definition) is 25. The number of fused-ring (bicyclic) bond motifs is 15. The first-order valence-corrected chi connectivity index (χ1v) is 31.9. The fourth-order valence-corrected chi connectivity index (χ4v) is 12.7. The van der Waals surface area contributed by atoms with Crippen LogP contribution < -0.4 is 62.9 Å². The van der Waals surface area contributed by atoms with E-state index in [4.69, 9.17) is 51.5 Å². The minimum atomic E-state index is -2.31. The number of phenolic OH excluding ortho intramolecular Hbond substituents is 3. The van der Waals surface area contributed by atoms with Crippen molar-refractivity contribution in [2.45, 2.75) is 156 Å². The molecule has 18 atom stereocenters. The highest BCUT2D eigenvalue weighted by Gasteiger charge is 2.51. The van der Waals surface area contributed by atoms with E-state index in [9.17, 15) is 75.0 Å². The van der Waals surface area contributed by atoms with Crippen LogP contribution in [-0.4, -0.2) is 191 Å². The fraction of sp³-hybridized carbons (Fsp3) is 0.424. The molecule has 0 radical (unpaired) electrons. The Bertz CT molecular complexity index is 4000. The number of hydrogen-bond donors (Lipinski definition) is 19. The summed E-state index contributed by atoms with van der Waals surface area (Å²) in [5.74, 6) is -15.4. The van der Waals surface area contributed by atoms with Crippen molar-refractivity contribution < 1.29 is 118 Å². The molecular formula is C66H76ClN9O24. The number of aliphatic hydroxyl groups excluding tert-OH is 6. The van der Waals surface area contributed by atoms with E-state index < -0.39 is 226 Å². The molecule has 12 rings (SSSR count). The summed E-state index contributed by atoms with van der Waals surface area (Å²) in [6, 6.07) is 1.22. The highest BCUT2D eigenvalue weighted by atomic mass is 35.5. The van der Waals surface area contributed by atoms with Crippen LogP contribution in [0.15, 0.2) is 84.9 Å². The van der Waals surface area contributed by atoms with Gasteiger partial charge in [0.15, 0.2) is 29.9 Å². The first-order valence-electron chi connectivity index (χ1n) is 31.5. The lowest BCUT2D eigenvalue weighted by Gasteiger charge is -2.47. The zero-order valence-corrected chi connectivity index (χ0v) is 54.8. The fourth-order valence-electron chi connectivity index (χ4n) is 12.5. The molecule has 21 N–H and O–H groups in total. The number of carboxylic acid groups (broad SMARTS) is 1. The van der Waals surface area contributed by atoms with Crippen molar-refractivity contribution >= 4 is 58.9 Å². The predicted molar refractivity (Wildman–Crippen MR) is 344 cm³/mol. The van der Waals surface area contributed by atoms with Gasteiger partial charge in [-0.15, -0.1) is 0 Å². The first-order chi connectivity index (χ1) is 47.2. The molecule has 9 unspecified atom stereocenters. The highest BCUT2D eigenvalue weighted by Crippen LogP contribution is 2.49. The van der Waals surface area contributed by atoms with Crippen LogP contribution in [0.5, 0.6) is 46.0 Å². The Morgan fingerprint density at radius 2 is 1.38 bits per heavy atom. The van der Waals surface area contributed by atoms with Crippen molar-refractivity contribution in [1.82, 2.24) is 37.2 Å². The summed E-state index contributed by atoms with van der Waals surface area (Å²) >= 11 is 7.06. The molecule has 0 saturated carbocycles. The number of primary amides is 1. The molecule has 7 heterocycles. The van der Waals surface area contributed by atoms with Crippen LogP contribution in [0.25, 0.3) is 11.1 Å². The maximum atomic E-state index is 16.0. The number of carboxylic acids is 1. The van der Waals surface area contributed by atoms with Gasteiger partial charge in [0.05, 0.1) is 36.3 Å². The highest BCUT2D eigenvalue weighted by molar-refractivity contribution is 6.32. The standard InChI is InChI=1S/C66H76ClN9O24/c1-24(2)14-35(70-5)58(87)75-50-52(83)28-9-13-39(34(67)16-28)97-41-18-29-17-40(55(41)100-65-56(54(85)53(84)42(23-77)98-65)99-44-22-66(4,69)57(86)25(3)95-44)96-31-10-6-26(7-11-31)51(82)49-63(92)74-48(64(93)94)33-19-30(78)20-38(80)45(33)32-15-27(8-12-37(32)79)46(60(89)76-49)73-61(90)47(29)72-59(88)36(21-43(68)81)71-62(50)91/h6-13,15-20,24-25,35-36,42,44,46-54,56-57,65,70,77-80,82-86H,14,21-23,69H2,1-5H3,(H2,68,81)(H,71,91)(H,72,88)(H,73,90)(H,74,92)(H,75,87)(H,76,89)(H,93,94)/t25?,35-,36+,42?,44?,46-,47-,48+,49+,50-,51-,52-,53?,54?,56?,57?,65?,66?/m1/s1. The molecule has 0 aromatic heterocycles. The molecule has 34 heteroatoms. The molecule has 2 saturated heterocycles. The number of amides is 7. The van der Waals surface area contributed by atoms with E-state index in [1.165, 1.54) is 57.3 Å². The molecule has 0 spiro atoms. The van der Waals surface area contributed by atoms with Crippen LogP contribution in [0, 0.1) is 5.92 Å². The molecule has 7 aliphatic heterocycles. The predicted octanol–water partition coefficient (Wildman–Crippen LogP) is -0.547. The van der Waals surface area contributed by atoms with E-state index in [2.05, 4.69) is 37.2 Å². The zero-order valence-electron chi connectivity index (χ0n) is 54.0. The Labute approximate surface area is 574 Å². The lowest BCUT2D eigenvalue weighted by Crippen LogP contribution is -2.64. The van der Waals surface area contributed by atoms with E-state index in [0.717, 1.165) is 48.5 Å². The molecule has 7 amide bonds. The van der Waals surface area contributed by atoms with Crippen molar-refractivity contribution in [1.29, 1.82) is 0 Å². The second-order valence-electron chi connectivity index (χ2n) is 25.6. The number of phenols is 3. The normalized spacial score (nSPS) is 29.6. The topological polar surface area (TPSA) is 530 Å². The quantitative estimate of drug-likeness (QED) is 0.0703. The molecule has 33 nitrogen and oxygen atoms in total. The van der Waals surface area contributed by atoms with Crippen LogP contribution in [0.4, 0.5) is 0 Å². The summed E-state index contributed by atoms with van der Waals surface area (Å²) in [6.45, 7) is 5.70. The Morgan fingerprint density at radius 3 is 2.02 bits per heavy atom. The monoisotopic (exact) mass is 1410 g/mol. The molecule has 11 bridgehead atoms.